The van der Waals surface area contributed by atoms with Gasteiger partial charge in [0, 0.05) is 36.2 Å². The number of hydrogen-bond donors (Lipinski definition) is 1. The average molecular weight is 244 g/mol. The lowest BCUT2D eigenvalue weighted by Crippen LogP contribution is -2.50. The van der Waals surface area contributed by atoms with Gasteiger partial charge in [-0.2, -0.15) is 11.8 Å². The third-order valence-electron chi connectivity index (χ3n) is 3.07. The summed E-state index contributed by atoms with van der Waals surface area (Å²) in [5.74, 6) is 2.03. The lowest BCUT2D eigenvalue weighted by molar-refractivity contribution is 0.194. The highest BCUT2D eigenvalue weighted by atomic mass is 32.2. The monoisotopic (exact) mass is 244 g/mol. The summed E-state index contributed by atoms with van der Waals surface area (Å²) < 4.78 is 0.435. The predicted octanol–water partition coefficient (Wildman–Crippen LogP) is 2.45. The Labute approximate surface area is 106 Å². The molecule has 0 spiro atoms. The predicted molar refractivity (Wildman–Crippen MR) is 75.3 cm³/mol. The van der Waals surface area contributed by atoms with Gasteiger partial charge in [-0.1, -0.05) is 13.8 Å². The molecule has 0 aliphatic carbocycles. The maximum atomic E-state index is 3.56. The van der Waals surface area contributed by atoms with Crippen LogP contribution in [0.25, 0.3) is 0 Å². The molecule has 16 heavy (non-hydrogen) atoms. The van der Waals surface area contributed by atoms with E-state index in [1.54, 1.807) is 0 Å². The fourth-order valence-electron chi connectivity index (χ4n) is 2.14. The Morgan fingerprint density at radius 2 is 1.94 bits per heavy atom. The van der Waals surface area contributed by atoms with Crippen LogP contribution in [0.1, 0.15) is 34.6 Å². The first-order valence-electron chi connectivity index (χ1n) is 6.49. The Kier molecular flexibility index (Phi) is 5.62. The normalized spacial score (nSPS) is 23.6. The van der Waals surface area contributed by atoms with E-state index in [0.717, 1.165) is 19.0 Å². The minimum Gasteiger partial charge on any atom is -0.315 e. The number of hydrogen-bond acceptors (Lipinski definition) is 3. The third-order valence-corrected chi connectivity index (χ3v) is 4.37. The van der Waals surface area contributed by atoms with Crippen LogP contribution in [0.5, 0.6) is 0 Å². The van der Waals surface area contributed by atoms with Gasteiger partial charge in [-0.15, -0.1) is 0 Å². The first-order valence-corrected chi connectivity index (χ1v) is 7.48. The first-order chi connectivity index (χ1) is 7.41. The highest BCUT2D eigenvalue weighted by Gasteiger charge is 2.29. The van der Waals surface area contributed by atoms with Crippen molar-refractivity contribution >= 4 is 11.8 Å². The van der Waals surface area contributed by atoms with Crippen molar-refractivity contribution in [3.8, 4) is 0 Å². The molecule has 0 saturated carbocycles. The van der Waals surface area contributed by atoms with E-state index in [1.807, 2.05) is 0 Å². The van der Waals surface area contributed by atoms with Gasteiger partial charge in [0.1, 0.15) is 0 Å². The SMILES string of the molecule is CC(C)CNCC(C)N1CCSC(C)(C)C1. The Balaban J connectivity index is 2.27. The molecule has 1 rings (SSSR count). The average Bonchev–Trinajstić information content (AvgIpc) is 2.15. The van der Waals surface area contributed by atoms with Crippen LogP contribution in [0.15, 0.2) is 0 Å². The summed E-state index contributed by atoms with van der Waals surface area (Å²) in [7, 11) is 0. The second-order valence-corrected chi connectivity index (χ2v) is 7.78. The molecule has 1 N–H and O–H groups in total. The van der Waals surface area contributed by atoms with Crippen molar-refractivity contribution in [2.75, 3.05) is 31.9 Å². The van der Waals surface area contributed by atoms with E-state index >= 15 is 0 Å². The highest BCUT2D eigenvalue weighted by molar-refractivity contribution is 8.00. The molecule has 3 heteroatoms. The van der Waals surface area contributed by atoms with Gasteiger partial charge in [0.05, 0.1) is 0 Å². The van der Waals surface area contributed by atoms with Crippen molar-refractivity contribution in [3.05, 3.63) is 0 Å². The topological polar surface area (TPSA) is 15.3 Å². The molecule has 0 bridgehead atoms. The summed E-state index contributed by atoms with van der Waals surface area (Å²) >= 11 is 2.11. The molecular formula is C13H28N2S. The molecule has 2 nitrogen and oxygen atoms in total. The summed E-state index contributed by atoms with van der Waals surface area (Å²) in [6.45, 7) is 16.3. The molecule has 0 amide bonds. The van der Waals surface area contributed by atoms with E-state index in [4.69, 9.17) is 0 Å². The van der Waals surface area contributed by atoms with Gasteiger partial charge in [0.2, 0.25) is 0 Å². The molecule has 1 fully saturated rings. The smallest absolute Gasteiger partial charge is 0.0231 e. The molecule has 1 aliphatic heterocycles. The molecule has 1 saturated heterocycles. The van der Waals surface area contributed by atoms with Gasteiger partial charge < -0.3 is 5.32 Å². The molecule has 0 aromatic heterocycles. The minimum atomic E-state index is 0.435. The number of nitrogens with zero attached hydrogens (tertiary/aromatic N) is 1. The van der Waals surface area contributed by atoms with Crippen molar-refractivity contribution in [1.82, 2.24) is 10.2 Å². The molecule has 1 atom stereocenters. The minimum absolute atomic E-state index is 0.435. The van der Waals surface area contributed by atoms with Crippen LogP contribution in [0, 0.1) is 5.92 Å². The summed E-state index contributed by atoms with van der Waals surface area (Å²) in [5, 5.41) is 3.56. The number of thioether (sulfide) groups is 1. The van der Waals surface area contributed by atoms with Crippen LogP contribution in [0.3, 0.4) is 0 Å². The molecule has 1 unspecified atom stereocenters. The lowest BCUT2D eigenvalue weighted by Gasteiger charge is -2.40. The Hall–Kier alpha value is 0.270. The van der Waals surface area contributed by atoms with Gasteiger partial charge in [-0.25, -0.2) is 0 Å². The van der Waals surface area contributed by atoms with Crippen LogP contribution in [0.4, 0.5) is 0 Å². The van der Waals surface area contributed by atoms with Crippen LogP contribution >= 0.6 is 11.8 Å². The van der Waals surface area contributed by atoms with E-state index in [1.165, 1.54) is 18.8 Å². The second kappa shape index (κ2) is 6.27. The zero-order valence-electron chi connectivity index (χ0n) is 11.5. The number of nitrogens with one attached hydrogen (secondary N) is 1. The van der Waals surface area contributed by atoms with E-state index in [-0.39, 0.29) is 0 Å². The fourth-order valence-corrected chi connectivity index (χ4v) is 3.27. The van der Waals surface area contributed by atoms with Crippen LogP contribution in [-0.2, 0) is 0 Å². The van der Waals surface area contributed by atoms with E-state index in [0.29, 0.717) is 10.8 Å². The fraction of sp³-hybridized carbons (Fsp3) is 1.00. The first kappa shape index (κ1) is 14.3. The molecule has 1 aliphatic rings. The molecule has 96 valence electrons. The summed E-state index contributed by atoms with van der Waals surface area (Å²) in [6, 6.07) is 0.666. The van der Waals surface area contributed by atoms with Gasteiger partial charge in [0.15, 0.2) is 0 Å². The lowest BCUT2D eigenvalue weighted by atomic mass is 10.1. The van der Waals surface area contributed by atoms with Crippen LogP contribution < -0.4 is 5.32 Å². The molecule has 0 radical (unpaired) electrons. The Morgan fingerprint density at radius 3 is 2.50 bits per heavy atom. The Bertz CT molecular complexity index is 204. The van der Waals surface area contributed by atoms with E-state index in [9.17, 15) is 0 Å². The summed E-state index contributed by atoms with van der Waals surface area (Å²) in [5.41, 5.74) is 0. The molecule has 0 aromatic carbocycles. The molecule has 1 heterocycles. The van der Waals surface area contributed by atoms with Crippen LogP contribution in [-0.4, -0.2) is 47.6 Å². The zero-order valence-corrected chi connectivity index (χ0v) is 12.4. The van der Waals surface area contributed by atoms with Crippen molar-refractivity contribution < 1.29 is 0 Å². The highest BCUT2D eigenvalue weighted by Crippen LogP contribution is 2.30. The summed E-state index contributed by atoms with van der Waals surface area (Å²) in [4.78, 5) is 2.63. The third kappa shape index (κ3) is 5.07. The quantitative estimate of drug-likeness (QED) is 0.800. The molecule has 0 aromatic rings. The second-order valence-electron chi connectivity index (χ2n) is 5.98. The van der Waals surface area contributed by atoms with Crippen molar-refractivity contribution in [3.63, 3.8) is 0 Å². The standard InChI is InChI=1S/C13H28N2S/c1-11(2)8-14-9-12(3)15-6-7-16-13(4,5)10-15/h11-12,14H,6-10H2,1-5H3. The largest absolute Gasteiger partial charge is 0.315 e. The number of rotatable bonds is 5. The van der Waals surface area contributed by atoms with Gasteiger partial charge in [0.25, 0.3) is 0 Å². The van der Waals surface area contributed by atoms with Crippen LogP contribution in [0.2, 0.25) is 0 Å². The van der Waals surface area contributed by atoms with Crippen molar-refractivity contribution in [1.29, 1.82) is 0 Å². The Morgan fingerprint density at radius 1 is 1.25 bits per heavy atom. The van der Waals surface area contributed by atoms with E-state index < -0.39 is 0 Å². The van der Waals surface area contributed by atoms with Crippen molar-refractivity contribution in [2.24, 2.45) is 5.92 Å². The van der Waals surface area contributed by atoms with Gasteiger partial charge in [-0.05, 0) is 33.2 Å². The maximum Gasteiger partial charge on any atom is 0.0231 e. The van der Waals surface area contributed by atoms with E-state index in [2.05, 4.69) is 56.6 Å². The van der Waals surface area contributed by atoms with Gasteiger partial charge >= 0.3 is 0 Å². The van der Waals surface area contributed by atoms with Gasteiger partial charge in [-0.3, -0.25) is 4.90 Å². The van der Waals surface area contributed by atoms with Crippen molar-refractivity contribution in [2.45, 2.75) is 45.4 Å². The maximum absolute atomic E-state index is 3.56. The molecular weight excluding hydrogens is 216 g/mol. The summed E-state index contributed by atoms with van der Waals surface area (Å²) in [6.07, 6.45) is 0. The zero-order chi connectivity index (χ0) is 12.2.